The van der Waals surface area contributed by atoms with Crippen molar-refractivity contribution in [2.24, 2.45) is 11.7 Å². The molecule has 0 unspecified atom stereocenters. The van der Waals surface area contributed by atoms with Crippen LogP contribution >= 0.6 is 23.2 Å². The van der Waals surface area contributed by atoms with Gasteiger partial charge >= 0.3 is 0 Å². The van der Waals surface area contributed by atoms with Crippen LogP contribution in [-0.4, -0.2) is 4.57 Å². The number of hydrogen-bond acceptors (Lipinski definition) is 4. The molecule has 2 N–H and O–H groups in total. The maximum absolute atomic E-state index is 13.4. The molecule has 1 atom stereocenters. The number of nitriles is 1. The summed E-state index contributed by atoms with van der Waals surface area (Å²) in [7, 11) is 0. The third-order valence-corrected chi connectivity index (χ3v) is 5.19. The van der Waals surface area contributed by atoms with Gasteiger partial charge in [0.25, 0.3) is 5.56 Å². The number of rotatable bonds is 3. The van der Waals surface area contributed by atoms with Gasteiger partial charge in [-0.15, -0.1) is 0 Å². The van der Waals surface area contributed by atoms with E-state index in [2.05, 4.69) is 6.07 Å². The minimum Gasteiger partial charge on any atom is -0.440 e. The fraction of sp³-hybridized carbons (Fsp3) is 0.300. The largest absolute Gasteiger partial charge is 0.440 e. The Morgan fingerprint density at radius 3 is 2.48 bits per heavy atom. The van der Waals surface area contributed by atoms with E-state index in [9.17, 15) is 10.1 Å². The third-order valence-electron chi connectivity index (χ3n) is 4.53. The van der Waals surface area contributed by atoms with Crippen molar-refractivity contribution < 1.29 is 4.74 Å². The Hall–Kier alpha value is -2.42. The second kappa shape index (κ2) is 7.30. The first-order valence-corrected chi connectivity index (χ1v) is 9.27. The summed E-state index contributed by atoms with van der Waals surface area (Å²) in [6, 6.07) is 8.87. The highest BCUT2D eigenvalue weighted by Gasteiger charge is 2.36. The third kappa shape index (κ3) is 3.31. The first-order valence-electron chi connectivity index (χ1n) is 8.52. The predicted molar refractivity (Wildman–Crippen MR) is 106 cm³/mol. The molecule has 0 amide bonds. The average Bonchev–Trinajstić information content (AvgIpc) is 2.58. The Labute approximate surface area is 167 Å². The van der Waals surface area contributed by atoms with Gasteiger partial charge < -0.3 is 15.0 Å². The summed E-state index contributed by atoms with van der Waals surface area (Å²) in [5, 5.41) is 10.4. The number of halogens is 2. The molecule has 0 radical (unpaired) electrons. The summed E-state index contributed by atoms with van der Waals surface area (Å²) in [6.07, 6.45) is 0. The zero-order valence-electron chi connectivity index (χ0n) is 15.2. The molecule has 0 fully saturated rings. The number of benzene rings is 1. The normalized spacial score (nSPS) is 16.1. The fourth-order valence-electron chi connectivity index (χ4n) is 3.35. The molecular weight excluding hydrogens is 385 g/mol. The van der Waals surface area contributed by atoms with Crippen molar-refractivity contribution in [3.63, 3.8) is 0 Å². The van der Waals surface area contributed by atoms with Gasteiger partial charge in [0.05, 0.1) is 11.5 Å². The van der Waals surface area contributed by atoms with E-state index in [4.69, 9.17) is 33.7 Å². The summed E-state index contributed by atoms with van der Waals surface area (Å²) < 4.78 is 7.31. The van der Waals surface area contributed by atoms with E-state index in [0.717, 1.165) is 5.69 Å². The number of ether oxygens (including phenoxy) is 1. The van der Waals surface area contributed by atoms with Gasteiger partial charge in [-0.2, -0.15) is 5.26 Å². The van der Waals surface area contributed by atoms with Crippen molar-refractivity contribution >= 4 is 23.2 Å². The highest BCUT2D eigenvalue weighted by Crippen LogP contribution is 2.45. The number of pyridine rings is 1. The number of nitrogens with zero attached hydrogens (tertiary/aromatic N) is 2. The molecule has 1 aliphatic rings. The van der Waals surface area contributed by atoms with Crippen molar-refractivity contribution in [1.29, 1.82) is 5.26 Å². The van der Waals surface area contributed by atoms with Gasteiger partial charge in [0, 0.05) is 33.9 Å². The Morgan fingerprint density at radius 2 is 1.93 bits per heavy atom. The summed E-state index contributed by atoms with van der Waals surface area (Å²) >= 11 is 12.8. The average molecular weight is 404 g/mol. The highest BCUT2D eigenvalue weighted by atomic mass is 35.5. The lowest BCUT2D eigenvalue weighted by Gasteiger charge is -2.28. The van der Waals surface area contributed by atoms with Crippen LogP contribution in [0.1, 0.15) is 36.6 Å². The minimum absolute atomic E-state index is 0.0496. The molecule has 1 aromatic carbocycles. The molecule has 140 valence electrons. The zero-order chi connectivity index (χ0) is 19.9. The lowest BCUT2D eigenvalue weighted by molar-refractivity contribution is 0.386. The fourth-order valence-corrected chi connectivity index (χ4v) is 3.97. The second-order valence-electron chi connectivity index (χ2n) is 6.93. The molecule has 0 spiro atoms. The van der Waals surface area contributed by atoms with Gasteiger partial charge in [-0.1, -0.05) is 43.1 Å². The molecule has 7 heteroatoms. The Bertz CT molecular complexity index is 1030. The molecule has 27 heavy (non-hydrogen) atoms. The van der Waals surface area contributed by atoms with E-state index in [-0.39, 0.29) is 22.9 Å². The van der Waals surface area contributed by atoms with E-state index in [0.29, 0.717) is 33.5 Å². The van der Waals surface area contributed by atoms with Crippen LogP contribution < -0.4 is 16.0 Å². The SMILES string of the molecule is Cc1cc2c(c(=O)n1CC(C)C)[C@@H](c1c(Cl)cccc1Cl)C(C#N)=C(N)O2. The van der Waals surface area contributed by atoms with E-state index in [1.54, 1.807) is 28.8 Å². The van der Waals surface area contributed by atoms with Crippen LogP contribution in [0.2, 0.25) is 10.0 Å². The summed E-state index contributed by atoms with van der Waals surface area (Å²) in [5.41, 5.74) is 7.42. The first kappa shape index (κ1) is 19.3. The van der Waals surface area contributed by atoms with E-state index >= 15 is 0 Å². The van der Waals surface area contributed by atoms with Gasteiger partial charge in [-0.05, 0) is 25.0 Å². The second-order valence-corrected chi connectivity index (χ2v) is 7.75. The van der Waals surface area contributed by atoms with Gasteiger partial charge in [-0.25, -0.2) is 0 Å². The molecule has 0 saturated heterocycles. The number of hydrogen-bond donors (Lipinski definition) is 1. The van der Waals surface area contributed by atoms with Crippen molar-refractivity contribution in [3.05, 3.63) is 72.9 Å². The number of aromatic nitrogens is 1. The number of allylic oxidation sites excluding steroid dienone is 1. The smallest absolute Gasteiger partial charge is 0.258 e. The molecule has 5 nitrogen and oxygen atoms in total. The number of fused-ring (bicyclic) bond motifs is 1. The van der Waals surface area contributed by atoms with Crippen LogP contribution in [0.3, 0.4) is 0 Å². The predicted octanol–water partition coefficient (Wildman–Crippen LogP) is 4.34. The molecule has 2 aromatic rings. The molecule has 0 bridgehead atoms. The molecule has 0 aliphatic carbocycles. The number of aryl methyl sites for hydroxylation is 1. The van der Waals surface area contributed by atoms with Gasteiger partial charge in [0.1, 0.15) is 17.4 Å². The summed E-state index contributed by atoms with van der Waals surface area (Å²) in [4.78, 5) is 13.4. The van der Waals surface area contributed by atoms with Crippen molar-refractivity contribution in [1.82, 2.24) is 4.57 Å². The maximum atomic E-state index is 13.4. The van der Waals surface area contributed by atoms with Crippen molar-refractivity contribution in [2.45, 2.75) is 33.2 Å². The van der Waals surface area contributed by atoms with Crippen LogP contribution in [0.25, 0.3) is 0 Å². The quantitative estimate of drug-likeness (QED) is 0.825. The molecule has 2 heterocycles. The molecule has 1 aliphatic heterocycles. The Kier molecular flexibility index (Phi) is 5.23. The zero-order valence-corrected chi connectivity index (χ0v) is 16.7. The van der Waals surface area contributed by atoms with E-state index in [1.165, 1.54) is 0 Å². The highest BCUT2D eigenvalue weighted by molar-refractivity contribution is 6.36. The van der Waals surface area contributed by atoms with E-state index in [1.807, 2.05) is 20.8 Å². The molecular formula is C20H19Cl2N3O2. The molecule has 0 saturated carbocycles. The maximum Gasteiger partial charge on any atom is 0.258 e. The van der Waals surface area contributed by atoms with Gasteiger partial charge in [0.2, 0.25) is 5.88 Å². The topological polar surface area (TPSA) is 81.0 Å². The van der Waals surface area contributed by atoms with Crippen LogP contribution in [0.5, 0.6) is 5.75 Å². The summed E-state index contributed by atoms with van der Waals surface area (Å²) in [5.74, 6) is -0.241. The Balaban J connectivity index is 2.38. The number of nitrogens with two attached hydrogens (primary N) is 1. The van der Waals surface area contributed by atoms with Crippen molar-refractivity contribution in [2.75, 3.05) is 0 Å². The lowest BCUT2D eigenvalue weighted by Crippen LogP contribution is -2.33. The standard InChI is InChI=1S/C20H19Cl2N3O2/c1-10(2)9-25-11(3)7-15-18(20(25)26)16(12(8-23)19(24)27-15)17-13(21)5-4-6-14(17)22/h4-7,10,16H,9,24H2,1-3H3/t16-/m1/s1. The Morgan fingerprint density at radius 1 is 1.30 bits per heavy atom. The summed E-state index contributed by atoms with van der Waals surface area (Å²) in [6.45, 7) is 6.44. The van der Waals surface area contributed by atoms with Gasteiger partial charge in [0.15, 0.2) is 0 Å². The van der Waals surface area contributed by atoms with Crippen LogP contribution in [0.4, 0.5) is 0 Å². The molecule has 3 rings (SSSR count). The van der Waals surface area contributed by atoms with Crippen LogP contribution in [0.15, 0.2) is 40.5 Å². The van der Waals surface area contributed by atoms with Crippen LogP contribution in [0, 0.1) is 24.2 Å². The van der Waals surface area contributed by atoms with Crippen molar-refractivity contribution in [3.8, 4) is 11.8 Å². The molecule has 1 aromatic heterocycles. The van der Waals surface area contributed by atoms with Crippen LogP contribution in [-0.2, 0) is 6.54 Å². The lowest BCUT2D eigenvalue weighted by atomic mass is 9.84. The van der Waals surface area contributed by atoms with Gasteiger partial charge in [-0.3, -0.25) is 4.79 Å². The first-order chi connectivity index (χ1) is 12.8. The monoisotopic (exact) mass is 403 g/mol. The van der Waals surface area contributed by atoms with E-state index < -0.39 is 5.92 Å². The minimum atomic E-state index is -0.786.